The Morgan fingerprint density at radius 1 is 1.25 bits per heavy atom. The van der Waals surface area contributed by atoms with Crippen molar-refractivity contribution in [2.75, 3.05) is 5.32 Å². The molecule has 5 nitrogen and oxygen atoms in total. The molecule has 1 atom stereocenters. The SMILES string of the molecule is C[C@H](Nc1ccc(C#N)cn1)c1nc2ccccc2[nH]1. The Kier molecular flexibility index (Phi) is 3.05. The third-order valence-corrected chi connectivity index (χ3v) is 3.07. The molecular formula is C15H13N5. The van der Waals surface area contributed by atoms with Crippen molar-refractivity contribution in [3.05, 3.63) is 54.0 Å². The van der Waals surface area contributed by atoms with Crippen molar-refractivity contribution in [3.63, 3.8) is 0 Å². The maximum Gasteiger partial charge on any atom is 0.129 e. The van der Waals surface area contributed by atoms with Gasteiger partial charge in [-0.3, -0.25) is 0 Å². The number of fused-ring (bicyclic) bond motifs is 1. The zero-order chi connectivity index (χ0) is 13.9. The smallest absolute Gasteiger partial charge is 0.129 e. The largest absolute Gasteiger partial charge is 0.360 e. The molecule has 98 valence electrons. The van der Waals surface area contributed by atoms with Gasteiger partial charge in [-0.2, -0.15) is 5.26 Å². The number of aromatic amines is 1. The number of nitriles is 1. The molecule has 2 aromatic heterocycles. The Morgan fingerprint density at radius 3 is 2.80 bits per heavy atom. The van der Waals surface area contributed by atoms with E-state index in [0.29, 0.717) is 5.56 Å². The fraction of sp³-hybridized carbons (Fsp3) is 0.133. The molecule has 2 N–H and O–H groups in total. The van der Waals surface area contributed by atoms with E-state index in [1.165, 1.54) is 0 Å². The molecule has 3 rings (SSSR count). The van der Waals surface area contributed by atoms with Crippen molar-refractivity contribution in [3.8, 4) is 6.07 Å². The third kappa shape index (κ3) is 2.31. The van der Waals surface area contributed by atoms with Gasteiger partial charge in [-0.25, -0.2) is 9.97 Å². The number of imidazole rings is 1. The summed E-state index contributed by atoms with van der Waals surface area (Å²) in [6.45, 7) is 2.01. The standard InChI is InChI=1S/C15H13N5/c1-10(18-14-7-6-11(8-16)9-17-14)15-19-12-4-2-3-5-13(12)20-15/h2-7,9-10H,1H3,(H,17,18)(H,19,20)/t10-/m0/s1. The predicted molar refractivity (Wildman–Crippen MR) is 77.1 cm³/mol. The molecule has 1 aromatic carbocycles. The summed E-state index contributed by atoms with van der Waals surface area (Å²) in [5.41, 5.74) is 2.51. The van der Waals surface area contributed by atoms with Gasteiger partial charge in [0.15, 0.2) is 0 Å². The Hall–Kier alpha value is -2.87. The molecule has 0 amide bonds. The van der Waals surface area contributed by atoms with Gasteiger partial charge in [0.05, 0.1) is 22.6 Å². The summed E-state index contributed by atoms with van der Waals surface area (Å²) in [5, 5.41) is 12.0. The van der Waals surface area contributed by atoms with Crippen LogP contribution in [-0.4, -0.2) is 15.0 Å². The molecule has 0 saturated carbocycles. The first-order valence-corrected chi connectivity index (χ1v) is 6.33. The second-order valence-electron chi connectivity index (χ2n) is 4.55. The van der Waals surface area contributed by atoms with E-state index in [1.807, 2.05) is 37.3 Å². The van der Waals surface area contributed by atoms with Crippen LogP contribution in [0.4, 0.5) is 5.82 Å². The van der Waals surface area contributed by atoms with Crippen LogP contribution in [-0.2, 0) is 0 Å². The lowest BCUT2D eigenvalue weighted by molar-refractivity contribution is 0.808. The Balaban J connectivity index is 1.81. The molecule has 0 spiro atoms. The quantitative estimate of drug-likeness (QED) is 0.761. The number of para-hydroxylation sites is 2. The van der Waals surface area contributed by atoms with E-state index in [9.17, 15) is 0 Å². The van der Waals surface area contributed by atoms with Gasteiger partial charge in [-0.15, -0.1) is 0 Å². The molecule has 0 unspecified atom stereocenters. The van der Waals surface area contributed by atoms with Crippen molar-refractivity contribution in [2.24, 2.45) is 0 Å². The lowest BCUT2D eigenvalue weighted by atomic mass is 10.3. The second kappa shape index (κ2) is 5.02. The van der Waals surface area contributed by atoms with E-state index < -0.39 is 0 Å². The van der Waals surface area contributed by atoms with Gasteiger partial charge in [0.25, 0.3) is 0 Å². The third-order valence-electron chi connectivity index (χ3n) is 3.07. The highest BCUT2D eigenvalue weighted by molar-refractivity contribution is 5.74. The van der Waals surface area contributed by atoms with E-state index >= 15 is 0 Å². The number of rotatable bonds is 3. The molecule has 0 aliphatic heterocycles. The average Bonchev–Trinajstić information content (AvgIpc) is 2.92. The summed E-state index contributed by atoms with van der Waals surface area (Å²) >= 11 is 0. The fourth-order valence-corrected chi connectivity index (χ4v) is 2.01. The van der Waals surface area contributed by atoms with E-state index in [4.69, 9.17) is 5.26 Å². The normalized spacial score (nSPS) is 12.0. The summed E-state index contributed by atoms with van der Waals surface area (Å²) in [7, 11) is 0. The summed E-state index contributed by atoms with van der Waals surface area (Å²) in [5.74, 6) is 1.58. The van der Waals surface area contributed by atoms with Crippen molar-refractivity contribution >= 4 is 16.9 Å². The number of benzene rings is 1. The zero-order valence-electron chi connectivity index (χ0n) is 11.0. The molecule has 0 saturated heterocycles. The molecular weight excluding hydrogens is 250 g/mol. The van der Waals surface area contributed by atoms with E-state index in [1.54, 1.807) is 18.3 Å². The Morgan fingerprint density at radius 2 is 2.10 bits per heavy atom. The number of anilines is 1. The van der Waals surface area contributed by atoms with Crippen LogP contribution in [0, 0.1) is 11.3 Å². The minimum Gasteiger partial charge on any atom is -0.360 e. The van der Waals surface area contributed by atoms with Crippen LogP contribution in [0.15, 0.2) is 42.6 Å². The molecule has 20 heavy (non-hydrogen) atoms. The summed E-state index contributed by atoms with van der Waals surface area (Å²) in [6, 6.07) is 13.5. The van der Waals surface area contributed by atoms with E-state index in [-0.39, 0.29) is 6.04 Å². The lowest BCUT2D eigenvalue weighted by Crippen LogP contribution is -2.09. The fourth-order valence-electron chi connectivity index (χ4n) is 2.01. The monoisotopic (exact) mass is 263 g/mol. The summed E-state index contributed by atoms with van der Waals surface area (Å²) in [6.07, 6.45) is 1.55. The number of aromatic nitrogens is 3. The molecule has 0 fully saturated rings. The number of hydrogen-bond donors (Lipinski definition) is 2. The van der Waals surface area contributed by atoms with Gasteiger partial charge in [0.2, 0.25) is 0 Å². The molecule has 0 bridgehead atoms. The van der Waals surface area contributed by atoms with Crippen LogP contribution >= 0.6 is 0 Å². The first-order valence-electron chi connectivity index (χ1n) is 6.33. The molecule has 5 heteroatoms. The highest BCUT2D eigenvalue weighted by Crippen LogP contribution is 2.18. The summed E-state index contributed by atoms with van der Waals surface area (Å²) in [4.78, 5) is 12.0. The number of nitrogens with one attached hydrogen (secondary N) is 2. The van der Waals surface area contributed by atoms with Crippen molar-refractivity contribution < 1.29 is 0 Å². The van der Waals surface area contributed by atoms with Gasteiger partial charge >= 0.3 is 0 Å². The Labute approximate surface area is 116 Å². The number of H-pyrrole nitrogens is 1. The minimum absolute atomic E-state index is 0.00263. The van der Waals surface area contributed by atoms with Gasteiger partial charge < -0.3 is 10.3 Å². The first-order chi connectivity index (χ1) is 9.76. The first kappa shape index (κ1) is 12.2. The van der Waals surface area contributed by atoms with Crippen LogP contribution in [0.3, 0.4) is 0 Å². The van der Waals surface area contributed by atoms with Gasteiger partial charge in [0.1, 0.15) is 17.7 Å². The second-order valence-corrected chi connectivity index (χ2v) is 4.55. The topological polar surface area (TPSA) is 77.4 Å². The van der Waals surface area contributed by atoms with Gasteiger partial charge in [-0.1, -0.05) is 12.1 Å². The van der Waals surface area contributed by atoms with Crippen molar-refractivity contribution in [1.29, 1.82) is 5.26 Å². The average molecular weight is 263 g/mol. The highest BCUT2D eigenvalue weighted by atomic mass is 15.1. The molecule has 0 aliphatic rings. The van der Waals surface area contributed by atoms with Crippen LogP contribution in [0.25, 0.3) is 11.0 Å². The van der Waals surface area contributed by atoms with Crippen LogP contribution < -0.4 is 5.32 Å². The van der Waals surface area contributed by atoms with Crippen LogP contribution in [0.2, 0.25) is 0 Å². The van der Waals surface area contributed by atoms with Crippen LogP contribution in [0.5, 0.6) is 0 Å². The number of hydrogen-bond acceptors (Lipinski definition) is 4. The van der Waals surface area contributed by atoms with Crippen molar-refractivity contribution in [1.82, 2.24) is 15.0 Å². The summed E-state index contributed by atoms with van der Waals surface area (Å²) < 4.78 is 0. The van der Waals surface area contributed by atoms with Crippen LogP contribution in [0.1, 0.15) is 24.4 Å². The van der Waals surface area contributed by atoms with Gasteiger partial charge in [0, 0.05) is 6.20 Å². The highest BCUT2D eigenvalue weighted by Gasteiger charge is 2.10. The molecule has 0 aliphatic carbocycles. The maximum atomic E-state index is 8.74. The molecule has 2 heterocycles. The van der Waals surface area contributed by atoms with E-state index in [0.717, 1.165) is 22.7 Å². The number of nitrogens with zero attached hydrogens (tertiary/aromatic N) is 3. The lowest BCUT2D eigenvalue weighted by Gasteiger charge is -2.11. The molecule has 0 radical (unpaired) electrons. The minimum atomic E-state index is 0.00263. The Bertz CT molecular complexity index is 734. The zero-order valence-corrected chi connectivity index (χ0v) is 11.0. The van der Waals surface area contributed by atoms with E-state index in [2.05, 4.69) is 20.3 Å². The van der Waals surface area contributed by atoms with Crippen molar-refractivity contribution in [2.45, 2.75) is 13.0 Å². The van der Waals surface area contributed by atoms with Gasteiger partial charge in [-0.05, 0) is 31.2 Å². The maximum absolute atomic E-state index is 8.74. The molecule has 3 aromatic rings. The number of pyridine rings is 1. The predicted octanol–water partition coefficient (Wildman–Crippen LogP) is 3.00.